The van der Waals surface area contributed by atoms with Crippen LogP contribution in [0.25, 0.3) is 0 Å². The summed E-state index contributed by atoms with van der Waals surface area (Å²) in [7, 11) is 0. The molecule has 0 saturated heterocycles. The second-order valence-corrected chi connectivity index (χ2v) is 12.6. The maximum Gasteiger partial charge on any atom is 0.255 e. The number of phenolic OH excluding ortho intramolecular Hbond substituents is 1. The number of carbonyl (C=O) groups is 1. The van der Waals surface area contributed by atoms with E-state index < -0.39 is 0 Å². The number of nitrogens with one attached hydrogen (secondary N) is 1. The molecule has 0 fully saturated rings. The van der Waals surface area contributed by atoms with Crippen molar-refractivity contribution in [2.24, 2.45) is 0 Å². The number of aromatic hydroxyl groups is 1. The van der Waals surface area contributed by atoms with Gasteiger partial charge in [-0.2, -0.15) is 0 Å². The van der Waals surface area contributed by atoms with Crippen LogP contribution in [0.15, 0.2) is 108 Å². The number of thioether (sulfide) groups is 1. The monoisotopic (exact) mass is 618 g/mol. The lowest BCUT2D eigenvalue weighted by Gasteiger charge is -2.19. The first-order valence-corrected chi connectivity index (χ1v) is 16.7. The van der Waals surface area contributed by atoms with Crippen LogP contribution >= 0.6 is 11.8 Å². The van der Waals surface area contributed by atoms with E-state index in [4.69, 9.17) is 10.2 Å². The fourth-order valence-corrected chi connectivity index (χ4v) is 6.71. The molecular weight excluding hydrogens is 577 g/mol. The minimum Gasteiger partial charge on any atom is -0.507 e. The Kier molecular flexibility index (Phi) is 11.5. The average Bonchev–Trinajstić information content (AvgIpc) is 3.45. The lowest BCUT2D eigenvalue weighted by atomic mass is 9.93. The van der Waals surface area contributed by atoms with Gasteiger partial charge in [0.1, 0.15) is 11.6 Å². The molecule has 5 rings (SSSR count). The van der Waals surface area contributed by atoms with Gasteiger partial charge in [-0.25, -0.2) is 0 Å². The third-order valence-corrected chi connectivity index (χ3v) is 9.00. The Bertz CT molecular complexity index is 1650. The van der Waals surface area contributed by atoms with E-state index >= 15 is 0 Å². The number of amides is 1. The molecule has 1 aromatic heterocycles. The van der Waals surface area contributed by atoms with Crippen molar-refractivity contribution in [3.8, 4) is 5.75 Å². The molecule has 5 aromatic rings. The molecular formula is C38H42N4O2S. The van der Waals surface area contributed by atoms with E-state index in [1.54, 1.807) is 30.0 Å². The topological polar surface area (TPSA) is 80.0 Å². The van der Waals surface area contributed by atoms with Crippen molar-refractivity contribution in [2.75, 3.05) is 6.54 Å². The molecule has 4 aromatic carbocycles. The highest BCUT2D eigenvalue weighted by atomic mass is 32.2. The van der Waals surface area contributed by atoms with Crippen LogP contribution in [-0.2, 0) is 25.1 Å². The molecule has 1 amide bonds. The molecule has 232 valence electrons. The highest BCUT2D eigenvalue weighted by Gasteiger charge is 2.22. The zero-order valence-electron chi connectivity index (χ0n) is 26.2. The number of hydrogen-bond acceptors (Lipinski definition) is 5. The van der Waals surface area contributed by atoms with Crippen LogP contribution in [0.3, 0.4) is 0 Å². The number of unbranched alkanes of at least 4 members (excludes halogenated alkanes) is 1. The number of aromatic nitrogens is 3. The fraction of sp³-hybridized carbons (Fsp3) is 0.289. The third kappa shape index (κ3) is 9.32. The van der Waals surface area contributed by atoms with Gasteiger partial charge in [-0.15, -0.1) is 10.2 Å². The number of hydrogen-bond donors (Lipinski definition) is 2. The predicted molar refractivity (Wildman–Crippen MR) is 183 cm³/mol. The van der Waals surface area contributed by atoms with E-state index in [2.05, 4.69) is 103 Å². The van der Waals surface area contributed by atoms with Crippen molar-refractivity contribution in [3.05, 3.63) is 142 Å². The summed E-state index contributed by atoms with van der Waals surface area (Å²) in [4.78, 5) is 12.6. The summed E-state index contributed by atoms with van der Waals surface area (Å²) in [5.74, 6) is 1.79. The Balaban J connectivity index is 1.32. The van der Waals surface area contributed by atoms with Crippen molar-refractivity contribution >= 4 is 17.7 Å². The maximum atomic E-state index is 12.6. The lowest BCUT2D eigenvalue weighted by Crippen LogP contribution is -2.24. The number of rotatable bonds is 15. The Morgan fingerprint density at radius 3 is 2.20 bits per heavy atom. The van der Waals surface area contributed by atoms with E-state index in [0.717, 1.165) is 55.4 Å². The first-order chi connectivity index (χ1) is 22.0. The summed E-state index contributed by atoms with van der Waals surface area (Å²) in [5, 5.41) is 23.5. The Hall–Kier alpha value is -4.36. The van der Waals surface area contributed by atoms with Gasteiger partial charge in [0.2, 0.25) is 0 Å². The summed E-state index contributed by atoms with van der Waals surface area (Å²) in [6.07, 6.45) is 4.45. The van der Waals surface area contributed by atoms with Gasteiger partial charge in [0.15, 0.2) is 5.16 Å². The molecule has 0 spiro atoms. The molecule has 0 bridgehead atoms. The van der Waals surface area contributed by atoms with Crippen LogP contribution in [0.1, 0.15) is 69.2 Å². The van der Waals surface area contributed by atoms with Gasteiger partial charge in [0.05, 0.1) is 5.56 Å². The van der Waals surface area contributed by atoms with Gasteiger partial charge in [-0.05, 0) is 68.4 Å². The second-order valence-electron chi connectivity index (χ2n) is 11.7. The van der Waals surface area contributed by atoms with Gasteiger partial charge in [-0.1, -0.05) is 120 Å². The molecule has 0 radical (unpaired) electrons. The molecule has 45 heavy (non-hydrogen) atoms. The number of aryl methyl sites for hydroxylation is 3. The van der Waals surface area contributed by atoms with Crippen LogP contribution in [0.5, 0.6) is 5.75 Å². The van der Waals surface area contributed by atoms with E-state index in [9.17, 15) is 9.90 Å². The molecule has 6 nitrogen and oxygen atoms in total. The van der Waals surface area contributed by atoms with E-state index in [-0.39, 0.29) is 17.6 Å². The SMILES string of the molecule is Cc1cc(C)cc(CSc2nnc(C(CCCCNC(=O)c3ccccc3O)Cc3ccccc3)n2CCc2ccccc2)c1. The minimum absolute atomic E-state index is 0.000952. The van der Waals surface area contributed by atoms with Gasteiger partial charge in [-0.3, -0.25) is 4.79 Å². The lowest BCUT2D eigenvalue weighted by molar-refractivity contribution is 0.0950. The zero-order chi connectivity index (χ0) is 31.4. The molecule has 0 aliphatic heterocycles. The summed E-state index contributed by atoms with van der Waals surface area (Å²) in [6, 6.07) is 34.5. The largest absolute Gasteiger partial charge is 0.507 e. The second kappa shape index (κ2) is 16.1. The van der Waals surface area contributed by atoms with Gasteiger partial charge in [0, 0.05) is 24.8 Å². The van der Waals surface area contributed by atoms with Gasteiger partial charge >= 0.3 is 0 Å². The highest BCUT2D eigenvalue weighted by molar-refractivity contribution is 7.98. The Morgan fingerprint density at radius 1 is 0.822 bits per heavy atom. The Labute approximate surface area is 270 Å². The quantitative estimate of drug-likeness (QED) is 0.0917. The molecule has 1 atom stereocenters. The summed E-state index contributed by atoms with van der Waals surface area (Å²) < 4.78 is 2.34. The van der Waals surface area contributed by atoms with Crippen molar-refractivity contribution in [1.82, 2.24) is 20.1 Å². The number of phenols is 1. The molecule has 1 heterocycles. The normalized spacial score (nSPS) is 11.8. The van der Waals surface area contributed by atoms with Gasteiger partial charge in [0.25, 0.3) is 5.91 Å². The summed E-state index contributed by atoms with van der Waals surface area (Å²) >= 11 is 1.75. The molecule has 0 aliphatic carbocycles. The van der Waals surface area contributed by atoms with Crippen molar-refractivity contribution in [3.63, 3.8) is 0 Å². The Morgan fingerprint density at radius 2 is 1.49 bits per heavy atom. The summed E-state index contributed by atoms with van der Waals surface area (Å²) in [5.41, 5.74) is 6.72. The van der Waals surface area contributed by atoms with Crippen LogP contribution in [0, 0.1) is 13.8 Å². The first-order valence-electron chi connectivity index (χ1n) is 15.7. The molecule has 2 N–H and O–H groups in total. The fourth-order valence-electron chi connectivity index (χ4n) is 5.80. The van der Waals surface area contributed by atoms with Crippen LogP contribution in [0.4, 0.5) is 0 Å². The highest BCUT2D eigenvalue weighted by Crippen LogP contribution is 2.30. The molecule has 1 unspecified atom stereocenters. The van der Waals surface area contributed by atoms with Crippen molar-refractivity contribution < 1.29 is 9.90 Å². The minimum atomic E-state index is -0.250. The third-order valence-electron chi connectivity index (χ3n) is 7.97. The van der Waals surface area contributed by atoms with E-state index in [1.165, 1.54) is 33.9 Å². The molecule has 0 aliphatic rings. The molecule has 0 saturated carbocycles. The number of nitrogens with zero attached hydrogens (tertiary/aromatic N) is 3. The maximum absolute atomic E-state index is 12.6. The van der Waals surface area contributed by atoms with Crippen molar-refractivity contribution in [2.45, 2.75) is 69.3 Å². The van der Waals surface area contributed by atoms with Gasteiger partial charge < -0.3 is 15.0 Å². The summed E-state index contributed by atoms with van der Waals surface area (Å²) in [6.45, 7) is 5.64. The van der Waals surface area contributed by atoms with Crippen LogP contribution in [0.2, 0.25) is 0 Å². The average molecular weight is 619 g/mol. The number of benzene rings is 4. The van der Waals surface area contributed by atoms with Crippen molar-refractivity contribution in [1.29, 1.82) is 0 Å². The van der Waals surface area contributed by atoms with E-state index in [0.29, 0.717) is 12.1 Å². The predicted octanol–water partition coefficient (Wildman–Crippen LogP) is 8.06. The standard InChI is InChI=1S/C38H42N4O2S/c1-28-23-29(2)25-32(24-28)27-45-38-41-40-36(42(38)22-20-30-13-5-3-6-14-30)33(26-31-15-7-4-8-16-31)17-11-12-21-39-37(44)34-18-9-10-19-35(34)43/h3-10,13-16,18-19,23-25,33,43H,11-12,17,20-22,26-27H2,1-2H3,(H,39,44). The van der Waals surface area contributed by atoms with Crippen LogP contribution in [-0.4, -0.2) is 32.3 Å². The first kappa shape index (κ1) is 32.0. The smallest absolute Gasteiger partial charge is 0.255 e. The number of carbonyl (C=O) groups excluding carboxylic acids is 1. The van der Waals surface area contributed by atoms with E-state index in [1.807, 2.05) is 0 Å². The molecule has 7 heteroatoms. The van der Waals surface area contributed by atoms with Crippen LogP contribution < -0.4 is 5.32 Å². The zero-order valence-corrected chi connectivity index (χ0v) is 27.0. The number of para-hydroxylation sites is 1.